The van der Waals surface area contributed by atoms with Crippen LogP contribution in [0.3, 0.4) is 0 Å². The monoisotopic (exact) mass is 323 g/mol. The summed E-state index contributed by atoms with van der Waals surface area (Å²) < 4.78 is 8.12. The highest BCUT2D eigenvalue weighted by atomic mass is 79.9. The van der Waals surface area contributed by atoms with Gasteiger partial charge < -0.3 is 9.64 Å². The summed E-state index contributed by atoms with van der Waals surface area (Å²) in [7, 11) is 1.64. The number of fused-ring (bicyclic) bond motifs is 1. The molecule has 1 aromatic carbocycles. The van der Waals surface area contributed by atoms with Crippen molar-refractivity contribution < 1.29 is 9.53 Å². The molecule has 0 saturated carbocycles. The second-order valence-corrected chi connectivity index (χ2v) is 5.59. The summed E-state index contributed by atoms with van der Waals surface area (Å²) in [6.45, 7) is 3.07. The van der Waals surface area contributed by atoms with Crippen molar-refractivity contribution in [2.45, 2.75) is 13.0 Å². The van der Waals surface area contributed by atoms with E-state index < -0.39 is 0 Å². The molecule has 2 heterocycles. The molecule has 19 heavy (non-hydrogen) atoms. The van der Waals surface area contributed by atoms with Crippen LogP contribution < -0.4 is 4.74 Å². The Balaban J connectivity index is 1.89. The van der Waals surface area contributed by atoms with Crippen molar-refractivity contribution in [3.05, 3.63) is 22.8 Å². The van der Waals surface area contributed by atoms with Crippen LogP contribution in [-0.4, -0.2) is 40.8 Å². The highest BCUT2D eigenvalue weighted by Crippen LogP contribution is 2.31. The quantitative estimate of drug-likeness (QED) is 0.851. The number of halogens is 1. The number of hydrogen-bond donors (Lipinski definition) is 0. The molecule has 0 aliphatic carbocycles. The largest absolute Gasteiger partial charge is 0.495 e. The van der Waals surface area contributed by atoms with Crippen LogP contribution >= 0.6 is 15.9 Å². The summed E-state index contributed by atoms with van der Waals surface area (Å²) in [5.41, 5.74) is 0.904. The molecule has 0 atom stereocenters. The molecule has 2 aromatic rings. The molecule has 0 radical (unpaired) electrons. The summed E-state index contributed by atoms with van der Waals surface area (Å²) in [6.07, 6.45) is 2.02. The number of carbonyl (C=O) groups is 1. The van der Waals surface area contributed by atoms with Crippen LogP contribution in [0.1, 0.15) is 13.0 Å². The van der Waals surface area contributed by atoms with Crippen molar-refractivity contribution in [3.8, 4) is 5.75 Å². The number of nitrogens with zero attached hydrogens (tertiary/aromatic N) is 3. The van der Waals surface area contributed by atoms with Gasteiger partial charge in [0.25, 0.3) is 0 Å². The third kappa shape index (κ3) is 2.10. The minimum absolute atomic E-state index is 0.123. The Morgan fingerprint density at radius 2 is 2.21 bits per heavy atom. The Labute approximate surface area is 119 Å². The molecule has 1 aliphatic heterocycles. The van der Waals surface area contributed by atoms with E-state index in [9.17, 15) is 4.79 Å². The van der Waals surface area contributed by atoms with Gasteiger partial charge in [-0.1, -0.05) is 0 Å². The predicted molar refractivity (Wildman–Crippen MR) is 75.3 cm³/mol. The molecule has 1 fully saturated rings. The zero-order chi connectivity index (χ0) is 13.6. The zero-order valence-electron chi connectivity index (χ0n) is 10.8. The third-order valence-corrected chi connectivity index (χ3v) is 4.10. The number of methoxy groups -OCH3 is 1. The Bertz CT molecular complexity index is 647. The molecule has 1 amide bonds. The van der Waals surface area contributed by atoms with E-state index in [0.29, 0.717) is 0 Å². The van der Waals surface area contributed by atoms with Crippen LogP contribution in [0.2, 0.25) is 0 Å². The Kier molecular flexibility index (Phi) is 2.97. The molecule has 3 rings (SSSR count). The van der Waals surface area contributed by atoms with Gasteiger partial charge in [0.1, 0.15) is 5.75 Å². The molecule has 0 spiro atoms. The first-order chi connectivity index (χ1) is 9.08. The van der Waals surface area contributed by atoms with Gasteiger partial charge in [0, 0.05) is 37.7 Å². The van der Waals surface area contributed by atoms with Gasteiger partial charge in [0.2, 0.25) is 5.91 Å². The minimum atomic E-state index is 0.123. The number of hydrogen-bond acceptors (Lipinski definition) is 3. The molecule has 0 unspecified atom stereocenters. The molecule has 1 aliphatic rings. The standard InChI is InChI=1S/C13H14BrN3O2/c1-8(18)16-6-10(7-16)17-5-9-3-11(14)13(19-2)4-12(9)15-17/h3-5,10H,6-7H2,1-2H3. The third-order valence-electron chi connectivity index (χ3n) is 3.48. The SMILES string of the molecule is COc1cc2nn(C3CN(C(C)=O)C3)cc2cc1Br. The molecule has 1 saturated heterocycles. The van der Waals surface area contributed by atoms with Gasteiger partial charge in [-0.05, 0) is 22.0 Å². The molecular weight excluding hydrogens is 310 g/mol. The summed E-state index contributed by atoms with van der Waals surface area (Å²) in [4.78, 5) is 13.0. The maximum absolute atomic E-state index is 11.2. The molecule has 5 nitrogen and oxygen atoms in total. The van der Waals surface area contributed by atoms with E-state index in [1.807, 2.05) is 27.9 Å². The number of rotatable bonds is 2. The van der Waals surface area contributed by atoms with Crippen LogP contribution in [0.25, 0.3) is 10.9 Å². The van der Waals surface area contributed by atoms with Gasteiger partial charge in [-0.15, -0.1) is 0 Å². The summed E-state index contributed by atoms with van der Waals surface area (Å²) in [5.74, 6) is 0.897. The second kappa shape index (κ2) is 4.52. The van der Waals surface area contributed by atoms with Crippen molar-refractivity contribution in [1.82, 2.24) is 14.7 Å². The first kappa shape index (κ1) is 12.5. The number of aromatic nitrogens is 2. The van der Waals surface area contributed by atoms with Crippen molar-refractivity contribution in [2.24, 2.45) is 0 Å². The lowest BCUT2D eigenvalue weighted by Gasteiger charge is -2.38. The number of likely N-dealkylation sites (tertiary alicyclic amines) is 1. The first-order valence-electron chi connectivity index (χ1n) is 6.06. The summed E-state index contributed by atoms with van der Waals surface area (Å²) in [5, 5.41) is 5.62. The molecule has 6 heteroatoms. The molecule has 100 valence electrons. The van der Waals surface area contributed by atoms with E-state index >= 15 is 0 Å². The van der Waals surface area contributed by atoms with Crippen LogP contribution in [0.5, 0.6) is 5.75 Å². The highest BCUT2D eigenvalue weighted by molar-refractivity contribution is 9.10. The lowest BCUT2D eigenvalue weighted by atomic mass is 10.1. The fraction of sp³-hybridized carbons (Fsp3) is 0.385. The van der Waals surface area contributed by atoms with E-state index in [1.54, 1.807) is 14.0 Å². The smallest absolute Gasteiger partial charge is 0.219 e. The van der Waals surface area contributed by atoms with Gasteiger partial charge in [-0.2, -0.15) is 5.10 Å². The second-order valence-electron chi connectivity index (χ2n) is 4.73. The van der Waals surface area contributed by atoms with Gasteiger partial charge in [-0.3, -0.25) is 9.48 Å². The Hall–Kier alpha value is -1.56. The molecule has 0 bridgehead atoms. The van der Waals surface area contributed by atoms with Crippen molar-refractivity contribution in [2.75, 3.05) is 20.2 Å². The van der Waals surface area contributed by atoms with E-state index in [1.165, 1.54) is 0 Å². The van der Waals surface area contributed by atoms with Gasteiger partial charge in [0.15, 0.2) is 0 Å². The van der Waals surface area contributed by atoms with Crippen LogP contribution in [0.4, 0.5) is 0 Å². The molecule has 0 N–H and O–H groups in total. The fourth-order valence-corrected chi connectivity index (χ4v) is 2.79. The van der Waals surface area contributed by atoms with Crippen LogP contribution in [0, 0.1) is 0 Å². The normalized spacial score (nSPS) is 15.6. The first-order valence-corrected chi connectivity index (χ1v) is 6.85. The van der Waals surface area contributed by atoms with Gasteiger partial charge in [-0.25, -0.2) is 0 Å². The van der Waals surface area contributed by atoms with Crippen LogP contribution in [0.15, 0.2) is 22.8 Å². The zero-order valence-corrected chi connectivity index (χ0v) is 12.3. The average molecular weight is 324 g/mol. The number of ether oxygens (including phenoxy) is 1. The van der Waals surface area contributed by atoms with Crippen molar-refractivity contribution in [3.63, 3.8) is 0 Å². The van der Waals surface area contributed by atoms with Crippen molar-refractivity contribution >= 4 is 32.7 Å². The lowest BCUT2D eigenvalue weighted by molar-refractivity contribution is -0.134. The maximum atomic E-state index is 11.2. The predicted octanol–water partition coefficient (Wildman–Crippen LogP) is 2.21. The van der Waals surface area contributed by atoms with Crippen LogP contribution in [-0.2, 0) is 4.79 Å². The minimum Gasteiger partial charge on any atom is -0.495 e. The average Bonchev–Trinajstić information content (AvgIpc) is 2.67. The van der Waals surface area contributed by atoms with E-state index in [-0.39, 0.29) is 11.9 Å². The van der Waals surface area contributed by atoms with E-state index in [2.05, 4.69) is 21.0 Å². The lowest BCUT2D eigenvalue weighted by Crippen LogP contribution is -2.49. The van der Waals surface area contributed by atoms with E-state index in [0.717, 1.165) is 34.2 Å². The Morgan fingerprint density at radius 1 is 1.47 bits per heavy atom. The highest BCUT2D eigenvalue weighted by Gasteiger charge is 2.30. The van der Waals surface area contributed by atoms with Gasteiger partial charge >= 0.3 is 0 Å². The molecular formula is C13H14BrN3O2. The van der Waals surface area contributed by atoms with Gasteiger partial charge in [0.05, 0.1) is 23.1 Å². The molecule has 1 aromatic heterocycles. The Morgan fingerprint density at radius 3 is 2.84 bits per heavy atom. The summed E-state index contributed by atoms with van der Waals surface area (Å²) in [6, 6.07) is 4.19. The number of carbonyl (C=O) groups excluding carboxylic acids is 1. The fourth-order valence-electron chi connectivity index (χ4n) is 2.27. The summed E-state index contributed by atoms with van der Waals surface area (Å²) >= 11 is 3.47. The van der Waals surface area contributed by atoms with Crippen molar-refractivity contribution in [1.29, 1.82) is 0 Å². The van der Waals surface area contributed by atoms with E-state index in [4.69, 9.17) is 4.74 Å². The number of benzene rings is 1. The number of amides is 1. The maximum Gasteiger partial charge on any atom is 0.219 e. The topological polar surface area (TPSA) is 47.4 Å².